The Balaban J connectivity index is 1.83. The molecule has 0 aliphatic heterocycles. The molecule has 2 atom stereocenters. The first-order chi connectivity index (χ1) is 21.5. The van der Waals surface area contributed by atoms with E-state index >= 15 is 0 Å². The summed E-state index contributed by atoms with van der Waals surface area (Å²) in [4.78, 5) is 30.1. The van der Waals surface area contributed by atoms with Gasteiger partial charge in [-0.2, -0.15) is 0 Å². The zero-order valence-electron chi connectivity index (χ0n) is 26.1. The molecule has 45 heavy (non-hydrogen) atoms. The Bertz CT molecular complexity index is 1710. The molecule has 4 aromatic rings. The molecular formula is C36H40ClN3O4S. The van der Waals surface area contributed by atoms with Crippen LogP contribution >= 0.6 is 11.6 Å². The van der Waals surface area contributed by atoms with Crippen molar-refractivity contribution in [3.05, 3.63) is 130 Å². The molecule has 0 aromatic heterocycles. The van der Waals surface area contributed by atoms with Crippen molar-refractivity contribution in [2.45, 2.75) is 64.1 Å². The van der Waals surface area contributed by atoms with E-state index in [-0.39, 0.29) is 29.8 Å². The van der Waals surface area contributed by atoms with Crippen LogP contribution in [-0.4, -0.2) is 43.8 Å². The Hall–Kier alpha value is -4.14. The summed E-state index contributed by atoms with van der Waals surface area (Å²) >= 11 is 6.07. The molecule has 0 spiro atoms. The molecule has 0 saturated carbocycles. The number of para-hydroxylation sites is 1. The summed E-state index contributed by atoms with van der Waals surface area (Å²) in [5.41, 5.74) is 3.77. The summed E-state index contributed by atoms with van der Waals surface area (Å²) in [7, 11) is -4.20. The lowest BCUT2D eigenvalue weighted by molar-refractivity contribution is -0.140. The summed E-state index contributed by atoms with van der Waals surface area (Å²) in [6.45, 7) is 7.27. The van der Waals surface area contributed by atoms with Gasteiger partial charge in [0.2, 0.25) is 11.8 Å². The standard InChI is InChI=1S/C36H40ClN3O4S/c1-5-28(4)38-36(42)34(23-29-15-7-6-8-16-29)39(24-30-17-11-9-13-26(30)2)35(41)25-40(33-18-12-10-14-27(33)3)45(43,44)32-21-19-31(37)20-22-32/h6-22,28,34H,5,23-25H2,1-4H3,(H,38,42)/t28-,34+/m0/s1. The lowest BCUT2D eigenvalue weighted by Gasteiger charge is -2.35. The molecule has 0 bridgehead atoms. The number of aryl methyl sites for hydroxylation is 2. The Morgan fingerprint density at radius 1 is 0.822 bits per heavy atom. The van der Waals surface area contributed by atoms with Crippen molar-refractivity contribution in [1.29, 1.82) is 0 Å². The van der Waals surface area contributed by atoms with Crippen molar-refractivity contribution in [2.24, 2.45) is 0 Å². The fourth-order valence-electron chi connectivity index (χ4n) is 5.06. The van der Waals surface area contributed by atoms with E-state index in [2.05, 4.69) is 5.32 Å². The van der Waals surface area contributed by atoms with E-state index < -0.39 is 28.5 Å². The summed E-state index contributed by atoms with van der Waals surface area (Å²) in [5, 5.41) is 3.46. The molecule has 9 heteroatoms. The van der Waals surface area contributed by atoms with Crippen LogP contribution in [0.25, 0.3) is 0 Å². The highest BCUT2D eigenvalue weighted by atomic mass is 35.5. The van der Waals surface area contributed by atoms with E-state index in [0.29, 0.717) is 16.3 Å². The third-order valence-electron chi connectivity index (χ3n) is 7.94. The van der Waals surface area contributed by atoms with Gasteiger partial charge in [-0.15, -0.1) is 0 Å². The van der Waals surface area contributed by atoms with Crippen LogP contribution in [0.4, 0.5) is 5.69 Å². The number of sulfonamides is 1. The van der Waals surface area contributed by atoms with Crippen LogP contribution in [0.15, 0.2) is 108 Å². The number of benzene rings is 4. The van der Waals surface area contributed by atoms with Crippen LogP contribution in [0.1, 0.15) is 42.5 Å². The van der Waals surface area contributed by atoms with Gasteiger partial charge in [0.15, 0.2) is 0 Å². The van der Waals surface area contributed by atoms with E-state index in [1.54, 1.807) is 25.1 Å². The average Bonchev–Trinajstić information content (AvgIpc) is 3.03. The van der Waals surface area contributed by atoms with Gasteiger partial charge in [0.05, 0.1) is 10.6 Å². The highest BCUT2D eigenvalue weighted by Crippen LogP contribution is 2.28. The van der Waals surface area contributed by atoms with E-state index in [4.69, 9.17) is 11.6 Å². The molecule has 7 nitrogen and oxygen atoms in total. The van der Waals surface area contributed by atoms with Gasteiger partial charge >= 0.3 is 0 Å². The third-order valence-corrected chi connectivity index (χ3v) is 9.96. The van der Waals surface area contributed by atoms with Crippen molar-refractivity contribution >= 4 is 39.1 Å². The van der Waals surface area contributed by atoms with E-state index in [0.717, 1.165) is 27.4 Å². The van der Waals surface area contributed by atoms with Crippen molar-refractivity contribution in [1.82, 2.24) is 10.2 Å². The fourth-order valence-corrected chi connectivity index (χ4v) is 6.66. The molecule has 236 valence electrons. The fraction of sp³-hybridized carbons (Fsp3) is 0.278. The van der Waals surface area contributed by atoms with Crippen molar-refractivity contribution < 1.29 is 18.0 Å². The summed E-state index contributed by atoms with van der Waals surface area (Å²) in [6, 6.07) is 29.1. The van der Waals surface area contributed by atoms with Gasteiger partial charge in [0.1, 0.15) is 12.6 Å². The molecule has 0 saturated heterocycles. The van der Waals surface area contributed by atoms with Gasteiger partial charge in [-0.05, 0) is 79.8 Å². The molecule has 4 rings (SSSR count). The van der Waals surface area contributed by atoms with E-state index in [1.165, 1.54) is 29.2 Å². The number of carbonyl (C=O) groups excluding carboxylic acids is 2. The molecular weight excluding hydrogens is 606 g/mol. The minimum absolute atomic E-state index is 0.00348. The lowest BCUT2D eigenvalue weighted by Crippen LogP contribution is -2.54. The highest BCUT2D eigenvalue weighted by Gasteiger charge is 2.35. The highest BCUT2D eigenvalue weighted by molar-refractivity contribution is 7.92. The Kier molecular flexibility index (Phi) is 11.4. The number of carbonyl (C=O) groups is 2. The topological polar surface area (TPSA) is 86.8 Å². The van der Waals surface area contributed by atoms with E-state index in [1.807, 2.05) is 81.4 Å². The van der Waals surface area contributed by atoms with Gasteiger partial charge in [-0.25, -0.2) is 8.42 Å². The maximum atomic E-state index is 14.6. The predicted octanol–water partition coefficient (Wildman–Crippen LogP) is 6.71. The van der Waals surface area contributed by atoms with Gasteiger partial charge in [-0.3, -0.25) is 13.9 Å². The Labute approximate surface area is 271 Å². The molecule has 0 aliphatic rings. The predicted molar refractivity (Wildman–Crippen MR) is 181 cm³/mol. The minimum atomic E-state index is -4.20. The zero-order valence-corrected chi connectivity index (χ0v) is 27.7. The Morgan fingerprint density at radius 3 is 2.04 bits per heavy atom. The van der Waals surface area contributed by atoms with Crippen LogP contribution in [-0.2, 0) is 32.6 Å². The summed E-state index contributed by atoms with van der Waals surface area (Å²) < 4.78 is 29.5. The summed E-state index contributed by atoms with van der Waals surface area (Å²) in [5.74, 6) is -0.794. The second kappa shape index (κ2) is 15.2. The van der Waals surface area contributed by atoms with Gasteiger partial charge in [0.25, 0.3) is 10.0 Å². The molecule has 0 fully saturated rings. The van der Waals surface area contributed by atoms with Crippen molar-refractivity contribution in [3.8, 4) is 0 Å². The van der Waals surface area contributed by atoms with Crippen LogP contribution in [0.3, 0.4) is 0 Å². The molecule has 2 amide bonds. The summed E-state index contributed by atoms with van der Waals surface area (Å²) in [6.07, 6.45) is 0.977. The minimum Gasteiger partial charge on any atom is -0.352 e. The largest absolute Gasteiger partial charge is 0.352 e. The Morgan fingerprint density at radius 2 is 1.42 bits per heavy atom. The van der Waals surface area contributed by atoms with Crippen LogP contribution < -0.4 is 9.62 Å². The first-order valence-corrected chi connectivity index (χ1v) is 16.8. The first kappa shape index (κ1) is 33.7. The quantitative estimate of drug-likeness (QED) is 0.175. The number of hydrogen-bond donors (Lipinski definition) is 1. The first-order valence-electron chi connectivity index (χ1n) is 15.0. The number of nitrogens with zero attached hydrogens (tertiary/aromatic N) is 2. The van der Waals surface area contributed by atoms with Crippen LogP contribution in [0.2, 0.25) is 5.02 Å². The number of amides is 2. The molecule has 0 heterocycles. The molecule has 4 aromatic carbocycles. The molecule has 0 radical (unpaired) electrons. The van der Waals surface area contributed by atoms with Crippen molar-refractivity contribution in [3.63, 3.8) is 0 Å². The smallest absolute Gasteiger partial charge is 0.264 e. The van der Waals surface area contributed by atoms with Crippen molar-refractivity contribution in [2.75, 3.05) is 10.8 Å². The number of anilines is 1. The average molecular weight is 646 g/mol. The zero-order chi connectivity index (χ0) is 32.6. The van der Waals surface area contributed by atoms with Gasteiger partial charge in [0, 0.05) is 24.0 Å². The maximum absolute atomic E-state index is 14.6. The lowest BCUT2D eigenvalue weighted by atomic mass is 10.0. The third kappa shape index (κ3) is 8.53. The van der Waals surface area contributed by atoms with Gasteiger partial charge in [-0.1, -0.05) is 91.3 Å². The number of hydrogen-bond acceptors (Lipinski definition) is 4. The van der Waals surface area contributed by atoms with Crippen LogP contribution in [0, 0.1) is 13.8 Å². The second-order valence-electron chi connectivity index (χ2n) is 11.2. The second-order valence-corrected chi connectivity index (χ2v) is 13.5. The maximum Gasteiger partial charge on any atom is 0.264 e. The monoisotopic (exact) mass is 645 g/mol. The van der Waals surface area contributed by atoms with Gasteiger partial charge < -0.3 is 10.2 Å². The van der Waals surface area contributed by atoms with Crippen LogP contribution in [0.5, 0.6) is 0 Å². The molecule has 0 unspecified atom stereocenters. The molecule has 0 aliphatic carbocycles. The molecule has 1 N–H and O–H groups in total. The van der Waals surface area contributed by atoms with E-state index in [9.17, 15) is 18.0 Å². The SMILES string of the molecule is CC[C@H](C)NC(=O)[C@@H](Cc1ccccc1)N(Cc1ccccc1C)C(=O)CN(c1ccccc1C)S(=O)(=O)c1ccc(Cl)cc1. The normalized spacial score (nSPS) is 12.6. The number of nitrogens with one attached hydrogen (secondary N) is 1. The number of halogens is 1. The number of rotatable bonds is 13.